The summed E-state index contributed by atoms with van der Waals surface area (Å²) in [5.41, 5.74) is 1.67. The van der Waals surface area contributed by atoms with Gasteiger partial charge in [-0.3, -0.25) is 10.2 Å². The normalized spacial score (nSPS) is 10.1. The molecule has 3 rings (SSSR count). The lowest BCUT2D eigenvalue weighted by Gasteiger charge is -2.21. The molecule has 0 atom stereocenters. The lowest BCUT2D eigenvalue weighted by molar-refractivity contribution is 0.0600. The van der Waals surface area contributed by atoms with E-state index in [2.05, 4.69) is 16.0 Å². The Bertz CT molecular complexity index is 1110. The van der Waals surface area contributed by atoms with Gasteiger partial charge >= 0.3 is 12.0 Å². The quantitative estimate of drug-likeness (QED) is 0.405. The Kier molecular flexibility index (Phi) is 6.22. The minimum Gasteiger partial charge on any atom is -0.465 e. The molecule has 0 spiro atoms. The number of anilines is 1. The molecule has 1 N–H and O–H groups in total. The molecular formula is C23H18N2O3S. The largest absolute Gasteiger partial charge is 0.465 e. The molecule has 0 aliphatic carbocycles. The Morgan fingerprint density at radius 1 is 1.07 bits per heavy atom. The molecule has 0 aromatic heterocycles. The van der Waals surface area contributed by atoms with E-state index in [-0.39, 0.29) is 6.54 Å². The highest BCUT2D eigenvalue weighted by molar-refractivity contribution is 7.80. The number of nitrogens with zero attached hydrogens (tertiary/aromatic N) is 1. The molecule has 3 aromatic rings. The van der Waals surface area contributed by atoms with Gasteiger partial charge in [0.05, 0.1) is 19.2 Å². The van der Waals surface area contributed by atoms with E-state index in [1.807, 2.05) is 42.5 Å². The van der Waals surface area contributed by atoms with Gasteiger partial charge in [0, 0.05) is 11.3 Å². The first-order chi connectivity index (χ1) is 14.0. The van der Waals surface area contributed by atoms with Gasteiger partial charge in [0.2, 0.25) is 0 Å². The molecule has 29 heavy (non-hydrogen) atoms. The standard InChI is InChI=1S/C23H18N2O3S/c1-3-15-25(18-13-11-17(12-14-18)22(26)28-2)23(27)24-21(29)20-10-6-8-16-7-4-5-9-19(16)20/h1,4-14H,15H2,2H3,(H,24,27,29). The van der Waals surface area contributed by atoms with Crippen molar-refractivity contribution in [1.29, 1.82) is 0 Å². The number of rotatable bonds is 4. The van der Waals surface area contributed by atoms with Gasteiger partial charge in [-0.1, -0.05) is 60.6 Å². The second-order valence-electron chi connectivity index (χ2n) is 6.11. The van der Waals surface area contributed by atoms with Crippen LogP contribution >= 0.6 is 12.2 Å². The number of ether oxygens (including phenoxy) is 1. The van der Waals surface area contributed by atoms with Gasteiger partial charge in [-0.25, -0.2) is 9.59 Å². The van der Waals surface area contributed by atoms with Crippen LogP contribution in [-0.4, -0.2) is 30.6 Å². The van der Waals surface area contributed by atoms with E-state index in [1.54, 1.807) is 24.3 Å². The fourth-order valence-electron chi connectivity index (χ4n) is 2.92. The van der Waals surface area contributed by atoms with E-state index in [9.17, 15) is 9.59 Å². The van der Waals surface area contributed by atoms with Crippen LogP contribution in [0.25, 0.3) is 10.8 Å². The zero-order valence-corrected chi connectivity index (χ0v) is 16.5. The molecule has 0 unspecified atom stereocenters. The van der Waals surface area contributed by atoms with Gasteiger partial charge in [0.1, 0.15) is 4.99 Å². The topological polar surface area (TPSA) is 58.6 Å². The lowest BCUT2D eigenvalue weighted by Crippen LogP contribution is -2.43. The summed E-state index contributed by atoms with van der Waals surface area (Å²) in [6, 6.07) is 19.5. The van der Waals surface area contributed by atoms with Gasteiger partial charge in [0.15, 0.2) is 0 Å². The molecule has 3 aromatic carbocycles. The predicted octanol–water partition coefficient (Wildman–Crippen LogP) is 4.15. The minimum absolute atomic E-state index is 0.0432. The SMILES string of the molecule is C#CCN(C(=O)NC(=S)c1cccc2ccccc12)c1ccc(C(=O)OC)cc1. The number of hydrogen-bond donors (Lipinski definition) is 1. The molecule has 0 saturated heterocycles. The summed E-state index contributed by atoms with van der Waals surface area (Å²) < 4.78 is 4.69. The number of hydrogen-bond acceptors (Lipinski definition) is 4. The second kappa shape index (κ2) is 9.00. The van der Waals surface area contributed by atoms with Crippen LogP contribution in [0.5, 0.6) is 0 Å². The van der Waals surface area contributed by atoms with E-state index in [0.717, 1.165) is 16.3 Å². The minimum atomic E-state index is -0.457. The predicted molar refractivity (Wildman–Crippen MR) is 118 cm³/mol. The first-order valence-corrected chi connectivity index (χ1v) is 9.18. The number of terminal acetylenes is 1. The highest BCUT2D eigenvalue weighted by Gasteiger charge is 2.18. The van der Waals surface area contributed by atoms with Crippen molar-refractivity contribution < 1.29 is 14.3 Å². The van der Waals surface area contributed by atoms with Crippen molar-refractivity contribution >= 4 is 45.7 Å². The van der Waals surface area contributed by atoms with Crippen molar-refractivity contribution in [3.63, 3.8) is 0 Å². The summed E-state index contributed by atoms with van der Waals surface area (Å²) >= 11 is 5.48. The van der Waals surface area contributed by atoms with Crippen molar-refractivity contribution in [2.45, 2.75) is 0 Å². The van der Waals surface area contributed by atoms with E-state index >= 15 is 0 Å². The van der Waals surface area contributed by atoms with Crippen molar-refractivity contribution in [3.8, 4) is 12.3 Å². The maximum absolute atomic E-state index is 12.9. The molecule has 2 amide bonds. The first kappa shape index (κ1) is 20.1. The second-order valence-corrected chi connectivity index (χ2v) is 6.52. The maximum Gasteiger partial charge on any atom is 0.337 e. The Hall–Kier alpha value is -3.69. The number of benzene rings is 3. The average molecular weight is 402 g/mol. The number of nitrogens with one attached hydrogen (secondary N) is 1. The fraction of sp³-hybridized carbons (Fsp3) is 0.0870. The van der Waals surface area contributed by atoms with Crippen LogP contribution < -0.4 is 10.2 Å². The fourth-order valence-corrected chi connectivity index (χ4v) is 3.19. The van der Waals surface area contributed by atoms with Gasteiger partial charge in [-0.2, -0.15) is 0 Å². The van der Waals surface area contributed by atoms with Crippen LogP contribution in [0.15, 0.2) is 66.7 Å². The molecule has 0 bridgehead atoms. The lowest BCUT2D eigenvalue weighted by atomic mass is 10.0. The van der Waals surface area contributed by atoms with Gasteiger partial charge in [-0.15, -0.1) is 6.42 Å². The van der Waals surface area contributed by atoms with E-state index < -0.39 is 12.0 Å². The first-order valence-electron chi connectivity index (χ1n) is 8.77. The molecule has 0 saturated carbocycles. The number of amides is 2. The number of esters is 1. The van der Waals surface area contributed by atoms with Crippen LogP contribution in [-0.2, 0) is 4.74 Å². The molecule has 6 heteroatoms. The number of carbonyl (C=O) groups is 2. The third-order valence-electron chi connectivity index (χ3n) is 4.35. The zero-order valence-electron chi connectivity index (χ0n) is 15.7. The number of urea groups is 1. The van der Waals surface area contributed by atoms with Gasteiger partial charge < -0.3 is 4.74 Å². The summed E-state index contributed by atoms with van der Waals surface area (Å²) in [5.74, 6) is 2.01. The highest BCUT2D eigenvalue weighted by atomic mass is 32.1. The molecule has 0 fully saturated rings. The monoisotopic (exact) mass is 402 g/mol. The Morgan fingerprint density at radius 2 is 1.76 bits per heavy atom. The molecule has 144 valence electrons. The third kappa shape index (κ3) is 4.42. The van der Waals surface area contributed by atoms with Crippen molar-refractivity contribution in [1.82, 2.24) is 5.32 Å². The van der Waals surface area contributed by atoms with Crippen LogP contribution in [0.1, 0.15) is 15.9 Å². The van der Waals surface area contributed by atoms with E-state index in [4.69, 9.17) is 18.6 Å². The van der Waals surface area contributed by atoms with Crippen LogP contribution in [0, 0.1) is 12.3 Å². The maximum atomic E-state index is 12.9. The zero-order chi connectivity index (χ0) is 20.8. The molecule has 0 radical (unpaired) electrons. The van der Waals surface area contributed by atoms with Crippen molar-refractivity contribution in [2.75, 3.05) is 18.6 Å². The summed E-state index contributed by atoms with van der Waals surface area (Å²) in [6.45, 7) is 0.0432. The number of methoxy groups -OCH3 is 1. The van der Waals surface area contributed by atoms with Gasteiger partial charge in [0.25, 0.3) is 0 Å². The number of fused-ring (bicyclic) bond motifs is 1. The van der Waals surface area contributed by atoms with Crippen LogP contribution in [0.2, 0.25) is 0 Å². The van der Waals surface area contributed by atoms with E-state index in [1.165, 1.54) is 12.0 Å². The number of carbonyl (C=O) groups excluding carboxylic acids is 2. The Morgan fingerprint density at radius 3 is 2.45 bits per heavy atom. The molecule has 0 heterocycles. The van der Waals surface area contributed by atoms with Gasteiger partial charge in [-0.05, 0) is 35.0 Å². The molecule has 0 aliphatic rings. The third-order valence-corrected chi connectivity index (χ3v) is 4.67. The summed E-state index contributed by atoms with van der Waals surface area (Å²) in [6.07, 6.45) is 5.44. The summed E-state index contributed by atoms with van der Waals surface area (Å²) in [7, 11) is 1.31. The summed E-state index contributed by atoms with van der Waals surface area (Å²) in [5, 5.41) is 4.73. The smallest absolute Gasteiger partial charge is 0.337 e. The molecule has 5 nitrogen and oxygen atoms in total. The van der Waals surface area contributed by atoms with Crippen molar-refractivity contribution in [2.24, 2.45) is 0 Å². The molecular weight excluding hydrogens is 384 g/mol. The van der Waals surface area contributed by atoms with E-state index in [0.29, 0.717) is 16.2 Å². The number of thiocarbonyl (C=S) groups is 1. The van der Waals surface area contributed by atoms with Crippen LogP contribution in [0.3, 0.4) is 0 Å². The summed E-state index contributed by atoms with van der Waals surface area (Å²) in [4.78, 5) is 26.1. The Labute approximate surface area is 174 Å². The van der Waals surface area contributed by atoms with Crippen LogP contribution in [0.4, 0.5) is 10.5 Å². The average Bonchev–Trinajstić information content (AvgIpc) is 2.76. The van der Waals surface area contributed by atoms with Crippen molar-refractivity contribution in [3.05, 3.63) is 77.9 Å². The highest BCUT2D eigenvalue weighted by Crippen LogP contribution is 2.20. The molecule has 0 aliphatic heterocycles. The Balaban J connectivity index is 1.83.